The van der Waals surface area contributed by atoms with Crippen LogP contribution in [0.15, 0.2) is 23.4 Å². The number of thioether (sulfide) groups is 1. The van der Waals surface area contributed by atoms with E-state index >= 15 is 0 Å². The van der Waals surface area contributed by atoms with Crippen LogP contribution in [0.3, 0.4) is 0 Å². The summed E-state index contributed by atoms with van der Waals surface area (Å²) < 4.78 is 42.5. The standard InChI is InChI=1S/C12H12BrF3N2OS/c1-2-19-7-3-4-8-9(5-7)18-11(17-8)20-6-10(13)12(14,15)16/h3-5,10H,2,6H2,1H3,(H,17,18). The smallest absolute Gasteiger partial charge is 0.402 e. The Labute approximate surface area is 126 Å². The van der Waals surface area contributed by atoms with Crippen LogP contribution in [0.4, 0.5) is 13.2 Å². The molecule has 0 saturated heterocycles. The Hall–Kier alpha value is -0.890. The van der Waals surface area contributed by atoms with Crippen LogP contribution in [-0.4, -0.2) is 33.3 Å². The van der Waals surface area contributed by atoms with Crippen molar-refractivity contribution in [3.05, 3.63) is 18.2 Å². The van der Waals surface area contributed by atoms with E-state index in [4.69, 9.17) is 4.74 Å². The van der Waals surface area contributed by atoms with Gasteiger partial charge < -0.3 is 9.72 Å². The van der Waals surface area contributed by atoms with Crippen LogP contribution in [-0.2, 0) is 0 Å². The van der Waals surface area contributed by atoms with Crippen molar-refractivity contribution in [2.45, 2.75) is 23.1 Å². The molecule has 0 radical (unpaired) electrons. The molecule has 1 N–H and O–H groups in total. The van der Waals surface area contributed by atoms with Gasteiger partial charge in [-0.15, -0.1) is 0 Å². The van der Waals surface area contributed by atoms with Gasteiger partial charge in [0.1, 0.15) is 10.6 Å². The molecule has 0 amide bonds. The average molecular weight is 369 g/mol. The molecule has 110 valence electrons. The molecule has 1 atom stereocenters. The molecule has 1 aromatic heterocycles. The van der Waals surface area contributed by atoms with Crippen molar-refractivity contribution in [2.24, 2.45) is 0 Å². The van der Waals surface area contributed by atoms with Crippen LogP contribution in [0.25, 0.3) is 11.0 Å². The molecule has 0 aliphatic heterocycles. The highest BCUT2D eigenvalue weighted by atomic mass is 79.9. The van der Waals surface area contributed by atoms with Crippen LogP contribution in [0.1, 0.15) is 6.92 Å². The second kappa shape index (κ2) is 6.26. The zero-order valence-electron chi connectivity index (χ0n) is 10.5. The fourth-order valence-corrected chi connectivity index (χ4v) is 2.77. The molecule has 3 nitrogen and oxygen atoms in total. The van der Waals surface area contributed by atoms with Crippen molar-refractivity contribution in [2.75, 3.05) is 12.4 Å². The molecule has 0 saturated carbocycles. The summed E-state index contributed by atoms with van der Waals surface area (Å²) in [7, 11) is 0. The van der Waals surface area contributed by atoms with Crippen molar-refractivity contribution >= 4 is 38.7 Å². The van der Waals surface area contributed by atoms with Gasteiger partial charge >= 0.3 is 6.18 Å². The Morgan fingerprint density at radius 2 is 2.20 bits per heavy atom. The van der Waals surface area contributed by atoms with E-state index in [1.165, 1.54) is 0 Å². The van der Waals surface area contributed by atoms with E-state index in [1.807, 2.05) is 6.92 Å². The number of ether oxygens (including phenoxy) is 1. The number of fused-ring (bicyclic) bond motifs is 1. The fraction of sp³-hybridized carbons (Fsp3) is 0.417. The lowest BCUT2D eigenvalue weighted by Crippen LogP contribution is -2.24. The summed E-state index contributed by atoms with van der Waals surface area (Å²) in [6.07, 6.45) is -4.25. The quantitative estimate of drug-likeness (QED) is 0.628. The molecule has 0 aliphatic rings. The van der Waals surface area contributed by atoms with Gasteiger partial charge in [-0.1, -0.05) is 27.7 Å². The van der Waals surface area contributed by atoms with E-state index in [9.17, 15) is 13.2 Å². The number of benzene rings is 1. The van der Waals surface area contributed by atoms with Gasteiger partial charge in [0.25, 0.3) is 0 Å². The van der Waals surface area contributed by atoms with Crippen LogP contribution in [0.5, 0.6) is 5.75 Å². The lowest BCUT2D eigenvalue weighted by atomic mass is 10.3. The van der Waals surface area contributed by atoms with E-state index in [2.05, 4.69) is 25.9 Å². The first kappa shape index (κ1) is 15.5. The first-order valence-corrected chi connectivity index (χ1v) is 7.76. The van der Waals surface area contributed by atoms with E-state index in [-0.39, 0.29) is 5.75 Å². The van der Waals surface area contributed by atoms with Crippen LogP contribution >= 0.6 is 27.7 Å². The molecule has 1 heterocycles. The Morgan fingerprint density at radius 3 is 2.85 bits per heavy atom. The zero-order chi connectivity index (χ0) is 14.8. The minimum atomic E-state index is -4.25. The van der Waals surface area contributed by atoms with Crippen molar-refractivity contribution < 1.29 is 17.9 Å². The number of halogens is 4. The summed E-state index contributed by atoms with van der Waals surface area (Å²) in [5.41, 5.74) is 1.45. The van der Waals surface area contributed by atoms with E-state index < -0.39 is 11.0 Å². The van der Waals surface area contributed by atoms with E-state index in [0.717, 1.165) is 17.3 Å². The number of rotatable bonds is 5. The third kappa shape index (κ3) is 3.82. The molecular weight excluding hydrogens is 357 g/mol. The summed E-state index contributed by atoms with van der Waals surface area (Å²) >= 11 is 3.65. The molecule has 20 heavy (non-hydrogen) atoms. The number of nitrogens with one attached hydrogen (secondary N) is 1. The monoisotopic (exact) mass is 368 g/mol. The third-order valence-corrected chi connectivity index (χ3v) is 4.70. The lowest BCUT2D eigenvalue weighted by Gasteiger charge is -2.11. The summed E-state index contributed by atoms with van der Waals surface area (Å²) in [6, 6.07) is 5.34. The second-order valence-corrected chi connectivity index (χ2v) is 6.09. The number of hydrogen-bond donors (Lipinski definition) is 1. The predicted molar refractivity (Wildman–Crippen MR) is 76.8 cm³/mol. The van der Waals surface area contributed by atoms with Crippen LogP contribution in [0.2, 0.25) is 0 Å². The molecule has 2 aromatic rings. The highest BCUT2D eigenvalue weighted by Gasteiger charge is 2.37. The Kier molecular flexibility index (Phi) is 4.85. The number of imidazole rings is 1. The van der Waals surface area contributed by atoms with Crippen molar-refractivity contribution in [3.8, 4) is 5.75 Å². The SMILES string of the molecule is CCOc1ccc2nc(SCC(Br)C(F)(F)F)[nH]c2c1. The number of H-pyrrole nitrogens is 1. The van der Waals surface area contributed by atoms with Gasteiger partial charge in [0.05, 0.1) is 17.6 Å². The number of aromatic amines is 1. The average Bonchev–Trinajstić information content (AvgIpc) is 2.77. The minimum Gasteiger partial charge on any atom is -0.494 e. The number of aromatic nitrogens is 2. The van der Waals surface area contributed by atoms with E-state index in [1.54, 1.807) is 18.2 Å². The minimum absolute atomic E-state index is 0.137. The van der Waals surface area contributed by atoms with Gasteiger partial charge in [-0.25, -0.2) is 4.98 Å². The first-order valence-electron chi connectivity index (χ1n) is 5.86. The molecule has 1 aromatic carbocycles. The zero-order valence-corrected chi connectivity index (χ0v) is 12.9. The Balaban J connectivity index is 2.08. The highest BCUT2D eigenvalue weighted by Crippen LogP contribution is 2.31. The second-order valence-electron chi connectivity index (χ2n) is 3.97. The summed E-state index contributed by atoms with van der Waals surface area (Å²) in [5.74, 6) is 0.565. The first-order chi connectivity index (χ1) is 9.40. The molecular formula is C12H12BrF3N2OS. The van der Waals surface area contributed by atoms with Gasteiger partial charge in [-0.3, -0.25) is 0 Å². The molecule has 0 spiro atoms. The van der Waals surface area contributed by atoms with E-state index in [0.29, 0.717) is 23.0 Å². The predicted octanol–water partition coefficient (Wildman–Crippen LogP) is 4.38. The van der Waals surface area contributed by atoms with Crippen LogP contribution < -0.4 is 4.74 Å². The molecule has 0 aliphatic carbocycles. The van der Waals surface area contributed by atoms with Crippen molar-refractivity contribution in [1.82, 2.24) is 9.97 Å². The Bertz CT molecular complexity index is 588. The van der Waals surface area contributed by atoms with Gasteiger partial charge in [0, 0.05) is 11.8 Å². The maximum absolute atomic E-state index is 12.4. The maximum atomic E-state index is 12.4. The van der Waals surface area contributed by atoms with Crippen molar-refractivity contribution in [3.63, 3.8) is 0 Å². The van der Waals surface area contributed by atoms with Gasteiger partial charge in [-0.05, 0) is 19.1 Å². The molecule has 1 unspecified atom stereocenters. The highest BCUT2D eigenvalue weighted by molar-refractivity contribution is 9.09. The van der Waals surface area contributed by atoms with Gasteiger partial charge in [-0.2, -0.15) is 13.2 Å². The normalized spacial score (nSPS) is 13.7. The largest absolute Gasteiger partial charge is 0.494 e. The van der Waals surface area contributed by atoms with Gasteiger partial charge in [0.2, 0.25) is 0 Å². The lowest BCUT2D eigenvalue weighted by molar-refractivity contribution is -0.122. The third-order valence-electron chi connectivity index (χ3n) is 2.46. The number of nitrogens with zero attached hydrogens (tertiary/aromatic N) is 1. The number of alkyl halides is 4. The summed E-state index contributed by atoms with van der Waals surface area (Å²) in [5, 5.41) is 0.461. The fourth-order valence-electron chi connectivity index (χ4n) is 1.54. The Morgan fingerprint density at radius 1 is 1.45 bits per heavy atom. The summed E-state index contributed by atoms with van der Waals surface area (Å²) in [4.78, 5) is 5.67. The molecule has 0 bridgehead atoms. The molecule has 8 heteroatoms. The number of hydrogen-bond acceptors (Lipinski definition) is 3. The molecule has 0 fully saturated rings. The van der Waals surface area contributed by atoms with Crippen molar-refractivity contribution in [1.29, 1.82) is 0 Å². The van der Waals surface area contributed by atoms with Crippen LogP contribution in [0, 0.1) is 0 Å². The summed E-state index contributed by atoms with van der Waals surface area (Å²) in [6.45, 7) is 2.43. The maximum Gasteiger partial charge on any atom is 0.402 e. The topological polar surface area (TPSA) is 37.9 Å². The molecule has 2 rings (SSSR count). The van der Waals surface area contributed by atoms with Gasteiger partial charge in [0.15, 0.2) is 5.16 Å².